The Labute approximate surface area is 151 Å². The molecule has 0 atom stereocenters. The van der Waals surface area contributed by atoms with Crippen LogP contribution in [0.5, 0.6) is 0 Å². The van der Waals surface area contributed by atoms with E-state index in [1.54, 1.807) is 0 Å². The zero-order chi connectivity index (χ0) is 20.2. The van der Waals surface area contributed by atoms with Gasteiger partial charge in [-0.3, -0.25) is 9.59 Å². The predicted molar refractivity (Wildman–Crippen MR) is 89.1 cm³/mol. The third-order valence-electron chi connectivity index (χ3n) is 3.62. The molecule has 0 radical (unpaired) electrons. The second kappa shape index (κ2) is 8.15. The van der Waals surface area contributed by atoms with Gasteiger partial charge in [-0.05, 0) is 30.3 Å². The lowest BCUT2D eigenvalue weighted by Gasteiger charge is -2.22. The number of hydrogen-bond donors (Lipinski definition) is 1. The first-order valence-corrected chi connectivity index (χ1v) is 7.79. The largest absolute Gasteiger partial charge is 0.416 e. The Hall–Kier alpha value is -2.97. The van der Waals surface area contributed by atoms with Crippen LogP contribution in [0.2, 0.25) is 0 Å². The molecule has 0 fully saturated rings. The van der Waals surface area contributed by atoms with Crippen molar-refractivity contribution in [3.05, 3.63) is 59.7 Å². The van der Waals surface area contributed by atoms with Gasteiger partial charge >= 0.3 is 6.18 Å². The molecular formula is C18H15F5N2O2. The van der Waals surface area contributed by atoms with Crippen molar-refractivity contribution in [1.82, 2.24) is 0 Å². The van der Waals surface area contributed by atoms with Crippen molar-refractivity contribution < 1.29 is 31.5 Å². The third-order valence-corrected chi connectivity index (χ3v) is 3.62. The lowest BCUT2D eigenvalue weighted by atomic mass is 10.2. The average molecular weight is 386 g/mol. The molecule has 2 rings (SSSR count). The summed E-state index contributed by atoms with van der Waals surface area (Å²) in [6, 6.07) is 7.09. The van der Waals surface area contributed by atoms with Gasteiger partial charge in [0.1, 0.15) is 17.3 Å². The Morgan fingerprint density at radius 3 is 2.19 bits per heavy atom. The first-order chi connectivity index (χ1) is 12.6. The van der Waals surface area contributed by atoms with E-state index in [2.05, 4.69) is 5.32 Å². The molecule has 0 aliphatic carbocycles. The lowest BCUT2D eigenvalue weighted by Crippen LogP contribution is -2.33. The van der Waals surface area contributed by atoms with Gasteiger partial charge in [-0.15, -0.1) is 0 Å². The number of nitrogens with one attached hydrogen (secondary N) is 1. The summed E-state index contributed by atoms with van der Waals surface area (Å²) in [5.41, 5.74) is -1.60. The normalized spacial score (nSPS) is 11.2. The number of halogens is 5. The van der Waals surface area contributed by atoms with Crippen LogP contribution in [0, 0.1) is 11.6 Å². The number of hydrogen-bond acceptors (Lipinski definition) is 2. The van der Waals surface area contributed by atoms with E-state index in [1.807, 2.05) is 0 Å². The number of nitrogens with zero attached hydrogens (tertiary/aromatic N) is 1. The van der Waals surface area contributed by atoms with Gasteiger partial charge in [-0.25, -0.2) is 8.78 Å². The van der Waals surface area contributed by atoms with Crippen molar-refractivity contribution >= 4 is 23.2 Å². The van der Waals surface area contributed by atoms with Gasteiger partial charge in [0, 0.05) is 25.6 Å². The molecule has 0 saturated heterocycles. The molecule has 0 bridgehead atoms. The van der Waals surface area contributed by atoms with Crippen LogP contribution < -0.4 is 10.2 Å². The van der Waals surface area contributed by atoms with Gasteiger partial charge < -0.3 is 10.2 Å². The van der Waals surface area contributed by atoms with Gasteiger partial charge in [0.05, 0.1) is 5.56 Å². The maximum atomic E-state index is 13.8. The Kier molecular flexibility index (Phi) is 6.14. The Morgan fingerprint density at radius 2 is 1.63 bits per heavy atom. The van der Waals surface area contributed by atoms with Crippen LogP contribution in [-0.2, 0) is 15.8 Å². The second-order valence-electron chi connectivity index (χ2n) is 5.62. The lowest BCUT2D eigenvalue weighted by molar-refractivity contribution is -0.137. The minimum absolute atomic E-state index is 0.0822. The van der Waals surface area contributed by atoms with Gasteiger partial charge in [0.25, 0.3) is 0 Å². The van der Waals surface area contributed by atoms with E-state index in [9.17, 15) is 31.5 Å². The highest BCUT2D eigenvalue weighted by molar-refractivity contribution is 5.95. The predicted octanol–water partition coefficient (Wildman–Crippen LogP) is 4.37. The van der Waals surface area contributed by atoms with Gasteiger partial charge in [0.2, 0.25) is 11.8 Å². The zero-order valence-electron chi connectivity index (χ0n) is 14.1. The molecule has 0 saturated carbocycles. The van der Waals surface area contributed by atoms with Crippen LogP contribution in [0.25, 0.3) is 0 Å². The summed E-state index contributed by atoms with van der Waals surface area (Å²) in [6.45, 7) is 0.731. The number of alkyl halides is 3. The van der Waals surface area contributed by atoms with E-state index in [0.29, 0.717) is 0 Å². The van der Waals surface area contributed by atoms with E-state index in [1.165, 1.54) is 6.07 Å². The van der Waals surface area contributed by atoms with Crippen molar-refractivity contribution in [2.24, 2.45) is 0 Å². The molecule has 1 N–H and O–H groups in total. The fourth-order valence-electron chi connectivity index (χ4n) is 2.38. The minimum Gasteiger partial charge on any atom is -0.326 e. The molecular weight excluding hydrogens is 371 g/mol. The fourth-order valence-corrected chi connectivity index (χ4v) is 2.38. The van der Waals surface area contributed by atoms with E-state index >= 15 is 0 Å². The topological polar surface area (TPSA) is 49.4 Å². The SMILES string of the molecule is CC(=O)N(CCC(=O)Nc1cccc(C(F)(F)F)c1)c1c(F)cccc1F. The highest BCUT2D eigenvalue weighted by Gasteiger charge is 2.30. The molecule has 144 valence electrons. The van der Waals surface area contributed by atoms with Crippen LogP contribution in [0.3, 0.4) is 0 Å². The van der Waals surface area contributed by atoms with Crippen molar-refractivity contribution in [3.63, 3.8) is 0 Å². The standard InChI is InChI=1S/C18H15F5N2O2/c1-11(26)25(17-14(19)6-3-7-15(17)20)9-8-16(27)24-13-5-2-4-12(10-13)18(21,22)23/h2-7,10H,8-9H2,1H3,(H,24,27). The number of carbonyl (C=O) groups excluding carboxylic acids is 2. The molecule has 9 heteroatoms. The molecule has 0 aliphatic rings. The maximum absolute atomic E-state index is 13.8. The third kappa shape index (κ3) is 5.25. The summed E-state index contributed by atoms with van der Waals surface area (Å²) in [4.78, 5) is 24.5. The van der Waals surface area contributed by atoms with Crippen LogP contribution >= 0.6 is 0 Å². The van der Waals surface area contributed by atoms with E-state index in [0.717, 1.165) is 48.2 Å². The molecule has 0 aliphatic heterocycles. The highest BCUT2D eigenvalue weighted by atomic mass is 19.4. The second-order valence-corrected chi connectivity index (χ2v) is 5.62. The highest BCUT2D eigenvalue weighted by Crippen LogP contribution is 2.30. The first kappa shape index (κ1) is 20.3. The average Bonchev–Trinajstić information content (AvgIpc) is 2.56. The van der Waals surface area contributed by atoms with Crippen molar-refractivity contribution in [2.45, 2.75) is 19.5 Å². The van der Waals surface area contributed by atoms with Crippen LogP contribution in [0.15, 0.2) is 42.5 Å². The summed E-state index contributed by atoms with van der Waals surface area (Å²) in [5, 5.41) is 2.26. The number of carbonyl (C=O) groups is 2. The summed E-state index contributed by atoms with van der Waals surface area (Å²) < 4.78 is 65.7. The number of benzene rings is 2. The van der Waals surface area contributed by atoms with Gasteiger partial charge in [-0.2, -0.15) is 13.2 Å². The molecule has 0 spiro atoms. The number of anilines is 2. The smallest absolute Gasteiger partial charge is 0.326 e. The van der Waals surface area contributed by atoms with Crippen molar-refractivity contribution in [2.75, 3.05) is 16.8 Å². The maximum Gasteiger partial charge on any atom is 0.416 e. The van der Waals surface area contributed by atoms with Crippen molar-refractivity contribution in [1.29, 1.82) is 0 Å². The van der Waals surface area contributed by atoms with Gasteiger partial charge in [-0.1, -0.05) is 12.1 Å². The monoisotopic (exact) mass is 386 g/mol. The molecule has 2 aromatic carbocycles. The van der Waals surface area contributed by atoms with Crippen molar-refractivity contribution in [3.8, 4) is 0 Å². The van der Waals surface area contributed by atoms with E-state index in [-0.39, 0.29) is 18.7 Å². The molecule has 2 aromatic rings. The number of para-hydroxylation sites is 1. The van der Waals surface area contributed by atoms with E-state index in [4.69, 9.17) is 0 Å². The molecule has 4 nitrogen and oxygen atoms in total. The Balaban J connectivity index is 2.08. The quantitative estimate of drug-likeness (QED) is 0.776. The molecule has 0 heterocycles. The Morgan fingerprint density at radius 1 is 1.04 bits per heavy atom. The van der Waals surface area contributed by atoms with Crippen LogP contribution in [-0.4, -0.2) is 18.4 Å². The van der Waals surface area contributed by atoms with Gasteiger partial charge in [0.15, 0.2) is 0 Å². The summed E-state index contributed by atoms with van der Waals surface area (Å²) in [6.07, 6.45) is -4.93. The van der Waals surface area contributed by atoms with E-state index < -0.39 is 40.9 Å². The summed E-state index contributed by atoms with van der Waals surface area (Å²) in [5.74, 6) is -3.34. The molecule has 2 amide bonds. The molecule has 0 unspecified atom stereocenters. The number of rotatable bonds is 5. The van der Waals surface area contributed by atoms with Crippen LogP contribution in [0.1, 0.15) is 18.9 Å². The zero-order valence-corrected chi connectivity index (χ0v) is 14.1. The first-order valence-electron chi connectivity index (χ1n) is 7.79. The fraction of sp³-hybridized carbons (Fsp3) is 0.222. The Bertz CT molecular complexity index is 832. The van der Waals surface area contributed by atoms with Crippen LogP contribution in [0.4, 0.5) is 33.3 Å². The molecule has 27 heavy (non-hydrogen) atoms. The molecule has 0 aromatic heterocycles. The number of amides is 2. The summed E-state index contributed by atoms with van der Waals surface area (Å²) >= 11 is 0. The summed E-state index contributed by atoms with van der Waals surface area (Å²) in [7, 11) is 0. The minimum atomic E-state index is -4.56.